The number of amidine groups is 1. The van der Waals surface area contributed by atoms with Crippen molar-refractivity contribution in [3.8, 4) is 0 Å². The van der Waals surface area contributed by atoms with Gasteiger partial charge in [0.2, 0.25) is 0 Å². The zero-order valence-electron chi connectivity index (χ0n) is 16.6. The van der Waals surface area contributed by atoms with E-state index in [1.54, 1.807) is 25.8 Å². The van der Waals surface area contributed by atoms with Gasteiger partial charge in [-0.15, -0.1) is 10.6 Å². The number of ketones is 1. The normalized spacial score (nSPS) is 14.8. The SMILES string of the molecule is CN1NNN=C1c1ccc(CC(=O)CCCCCS(=O)(=O)C(C)(C)C)cc1. The first-order chi connectivity index (χ1) is 12.6. The largest absolute Gasteiger partial charge is 0.299 e. The molecule has 0 fully saturated rings. The summed E-state index contributed by atoms with van der Waals surface area (Å²) in [5, 5.41) is 5.92. The molecule has 0 aromatic heterocycles. The minimum Gasteiger partial charge on any atom is -0.299 e. The van der Waals surface area contributed by atoms with Gasteiger partial charge in [0.25, 0.3) is 0 Å². The molecule has 2 rings (SSSR count). The fourth-order valence-electron chi connectivity index (χ4n) is 2.72. The monoisotopic (exact) mass is 394 g/mol. The number of Topliss-reactive ketones (excluding diaryl/α,β-unsaturated/α-hetero) is 1. The summed E-state index contributed by atoms with van der Waals surface area (Å²) in [6, 6.07) is 7.78. The van der Waals surface area contributed by atoms with Gasteiger partial charge < -0.3 is 0 Å². The predicted molar refractivity (Wildman–Crippen MR) is 108 cm³/mol. The smallest absolute Gasteiger partial charge is 0.172 e. The van der Waals surface area contributed by atoms with E-state index in [9.17, 15) is 13.2 Å². The minimum atomic E-state index is -3.07. The van der Waals surface area contributed by atoms with Gasteiger partial charge in [-0.3, -0.25) is 9.80 Å². The van der Waals surface area contributed by atoms with Crippen LogP contribution in [0.15, 0.2) is 29.4 Å². The lowest BCUT2D eigenvalue weighted by Gasteiger charge is -2.18. The molecule has 8 heteroatoms. The number of benzene rings is 1. The van der Waals surface area contributed by atoms with Crippen molar-refractivity contribution in [2.45, 2.75) is 57.6 Å². The highest BCUT2D eigenvalue weighted by molar-refractivity contribution is 7.92. The van der Waals surface area contributed by atoms with Gasteiger partial charge in [-0.2, -0.15) is 0 Å². The van der Waals surface area contributed by atoms with Crippen LogP contribution in [0.4, 0.5) is 0 Å². The van der Waals surface area contributed by atoms with Gasteiger partial charge in [0, 0.05) is 25.5 Å². The van der Waals surface area contributed by atoms with Crippen molar-refractivity contribution in [2.24, 2.45) is 5.10 Å². The van der Waals surface area contributed by atoms with Crippen LogP contribution in [0.25, 0.3) is 0 Å². The number of carbonyl (C=O) groups is 1. The van der Waals surface area contributed by atoms with Crippen LogP contribution >= 0.6 is 0 Å². The van der Waals surface area contributed by atoms with Crippen LogP contribution in [-0.4, -0.2) is 42.6 Å². The molecular weight excluding hydrogens is 364 g/mol. The van der Waals surface area contributed by atoms with Crippen LogP contribution in [0.5, 0.6) is 0 Å². The van der Waals surface area contributed by atoms with E-state index in [0.717, 1.165) is 29.8 Å². The second-order valence-electron chi connectivity index (χ2n) is 7.87. The third kappa shape index (κ3) is 6.04. The number of carbonyl (C=O) groups excluding carboxylic acids is 1. The van der Waals surface area contributed by atoms with Crippen molar-refractivity contribution in [2.75, 3.05) is 12.8 Å². The molecule has 0 amide bonds. The number of nitrogens with zero attached hydrogens (tertiary/aromatic N) is 2. The third-order valence-electron chi connectivity index (χ3n) is 4.61. The van der Waals surface area contributed by atoms with Crippen molar-refractivity contribution < 1.29 is 13.2 Å². The molecule has 0 saturated heterocycles. The molecule has 1 aliphatic heterocycles. The minimum absolute atomic E-state index is 0.181. The van der Waals surface area contributed by atoms with Crippen LogP contribution in [-0.2, 0) is 21.1 Å². The van der Waals surface area contributed by atoms with Gasteiger partial charge in [-0.25, -0.2) is 14.0 Å². The van der Waals surface area contributed by atoms with Crippen LogP contribution in [0.2, 0.25) is 0 Å². The predicted octanol–water partition coefficient (Wildman–Crippen LogP) is 2.19. The van der Waals surface area contributed by atoms with E-state index < -0.39 is 14.6 Å². The molecular formula is C19H30N4O3S. The Balaban J connectivity index is 1.72. The summed E-state index contributed by atoms with van der Waals surface area (Å²) in [7, 11) is -1.20. The molecule has 7 nitrogen and oxygen atoms in total. The highest BCUT2D eigenvalue weighted by Gasteiger charge is 2.27. The van der Waals surface area contributed by atoms with Crippen LogP contribution in [0, 0.1) is 0 Å². The standard InChI is InChI=1S/C19H30N4O3S/c1-19(2,3)27(25,26)13-7-5-6-8-17(24)14-15-9-11-16(12-10-15)18-20-21-22-23(18)4/h9-12,21-22H,5-8,13-14H2,1-4H3. The van der Waals surface area contributed by atoms with Crippen LogP contribution in [0.1, 0.15) is 57.6 Å². The Bertz CT molecular complexity index is 780. The van der Waals surface area contributed by atoms with Gasteiger partial charge in [0.05, 0.1) is 10.5 Å². The van der Waals surface area contributed by atoms with Crippen molar-refractivity contribution in [3.05, 3.63) is 35.4 Å². The summed E-state index contributed by atoms with van der Waals surface area (Å²) < 4.78 is 23.4. The molecule has 0 saturated carbocycles. The van der Waals surface area contributed by atoms with Gasteiger partial charge in [0.1, 0.15) is 5.78 Å². The second kappa shape index (κ2) is 8.84. The van der Waals surface area contributed by atoms with E-state index in [2.05, 4.69) is 16.2 Å². The Hall–Kier alpha value is -1.93. The number of hydrazone groups is 1. The van der Waals surface area contributed by atoms with Gasteiger partial charge in [-0.05, 0) is 39.2 Å². The maximum absolute atomic E-state index is 12.2. The lowest BCUT2D eigenvalue weighted by molar-refractivity contribution is -0.118. The summed E-state index contributed by atoms with van der Waals surface area (Å²) in [5.41, 5.74) is 7.48. The molecule has 27 heavy (non-hydrogen) atoms. The molecule has 0 unspecified atom stereocenters. The zero-order valence-corrected chi connectivity index (χ0v) is 17.4. The average molecular weight is 395 g/mol. The number of rotatable bonds is 9. The number of hydrazine groups is 2. The average Bonchev–Trinajstić information content (AvgIpc) is 3.00. The first kappa shape index (κ1) is 21.4. The molecule has 150 valence electrons. The van der Waals surface area contributed by atoms with Gasteiger partial charge in [0.15, 0.2) is 15.7 Å². The van der Waals surface area contributed by atoms with Crippen molar-refractivity contribution >= 4 is 21.5 Å². The number of unbranched alkanes of at least 4 members (excludes halogenated alkanes) is 2. The number of hydrogen-bond donors (Lipinski definition) is 2. The molecule has 0 bridgehead atoms. The number of nitrogens with one attached hydrogen (secondary N) is 2. The summed E-state index contributed by atoms with van der Waals surface area (Å²) in [6.45, 7) is 5.17. The molecule has 1 heterocycles. The number of sulfone groups is 1. The number of hydrogen-bond acceptors (Lipinski definition) is 7. The summed E-state index contributed by atoms with van der Waals surface area (Å²) in [4.78, 5) is 12.2. The molecule has 0 spiro atoms. The van der Waals surface area contributed by atoms with Crippen molar-refractivity contribution in [1.82, 2.24) is 16.1 Å². The zero-order chi connectivity index (χ0) is 20.1. The van der Waals surface area contributed by atoms with E-state index >= 15 is 0 Å². The molecule has 1 aromatic carbocycles. The van der Waals surface area contributed by atoms with Gasteiger partial charge in [-0.1, -0.05) is 30.7 Å². The Morgan fingerprint density at radius 3 is 2.33 bits per heavy atom. The fraction of sp³-hybridized carbons (Fsp3) is 0.579. The molecule has 0 radical (unpaired) electrons. The molecule has 2 N–H and O–H groups in total. The second-order valence-corrected chi connectivity index (χ2v) is 10.7. The topological polar surface area (TPSA) is 90.9 Å². The van der Waals surface area contributed by atoms with E-state index in [0.29, 0.717) is 19.3 Å². The molecule has 1 aromatic rings. The Labute approximate surface area is 162 Å². The highest BCUT2D eigenvalue weighted by atomic mass is 32.2. The lowest BCUT2D eigenvalue weighted by atomic mass is 10.0. The van der Waals surface area contributed by atoms with Crippen LogP contribution in [0.3, 0.4) is 0 Å². The van der Waals surface area contributed by atoms with E-state index in [1.807, 2.05) is 31.3 Å². The van der Waals surface area contributed by atoms with Crippen molar-refractivity contribution in [1.29, 1.82) is 0 Å². The molecule has 0 aliphatic carbocycles. The van der Waals surface area contributed by atoms with E-state index in [1.165, 1.54) is 0 Å². The summed E-state index contributed by atoms with van der Waals surface area (Å²) >= 11 is 0. The summed E-state index contributed by atoms with van der Waals surface area (Å²) in [5.74, 6) is 1.16. The van der Waals surface area contributed by atoms with E-state index in [4.69, 9.17) is 0 Å². The van der Waals surface area contributed by atoms with Gasteiger partial charge >= 0.3 is 0 Å². The molecule has 1 aliphatic rings. The Kier molecular flexibility index (Phi) is 7.00. The Morgan fingerprint density at radius 2 is 1.78 bits per heavy atom. The van der Waals surface area contributed by atoms with Crippen molar-refractivity contribution in [3.63, 3.8) is 0 Å². The highest BCUT2D eigenvalue weighted by Crippen LogP contribution is 2.18. The van der Waals surface area contributed by atoms with Crippen LogP contribution < -0.4 is 11.1 Å². The first-order valence-electron chi connectivity index (χ1n) is 9.25. The van der Waals surface area contributed by atoms with E-state index in [-0.39, 0.29) is 11.5 Å². The first-order valence-corrected chi connectivity index (χ1v) is 10.9. The molecule has 0 atom stereocenters. The maximum atomic E-state index is 12.2. The third-order valence-corrected chi connectivity index (χ3v) is 7.30. The quantitative estimate of drug-likeness (QED) is 0.624. The Morgan fingerprint density at radius 1 is 1.11 bits per heavy atom. The lowest BCUT2D eigenvalue weighted by Crippen LogP contribution is -2.37. The summed E-state index contributed by atoms with van der Waals surface area (Å²) in [6.07, 6.45) is 2.99. The maximum Gasteiger partial charge on any atom is 0.172 e. The fourth-order valence-corrected chi connectivity index (χ4v) is 3.92.